The van der Waals surface area contributed by atoms with Gasteiger partial charge in [0.05, 0.1) is 6.61 Å². The van der Waals surface area contributed by atoms with E-state index in [1.807, 2.05) is 0 Å². The molecule has 0 atom stereocenters. The number of hydrogen-bond donors (Lipinski definition) is 7. The minimum absolute atomic E-state index is 0. The molecule has 0 bridgehead atoms. The Morgan fingerprint density at radius 2 is 1.29 bits per heavy atom. The zero-order chi connectivity index (χ0) is 11.1. The van der Waals surface area contributed by atoms with E-state index >= 15 is 0 Å². The van der Waals surface area contributed by atoms with Crippen molar-refractivity contribution in [2.45, 2.75) is 0 Å². The van der Waals surface area contributed by atoms with Crippen LogP contribution in [0.25, 0.3) is 0 Å². The maximum absolute atomic E-state index is 8.13. The van der Waals surface area contributed by atoms with E-state index in [9.17, 15) is 0 Å². The van der Waals surface area contributed by atoms with Crippen molar-refractivity contribution in [3.63, 3.8) is 0 Å². The SMILES string of the molecule is C=CCO[Si](O)(O)O.O[Si](O)(O)O.[CaH2]. The van der Waals surface area contributed by atoms with E-state index in [-0.39, 0.29) is 44.3 Å². The molecule has 0 saturated heterocycles. The third-order valence-corrected chi connectivity index (χ3v) is 0.949. The molecule has 7 N–H and O–H groups in total. The first-order valence-corrected chi connectivity index (χ1v) is 6.41. The van der Waals surface area contributed by atoms with Crippen molar-refractivity contribution >= 4 is 55.8 Å². The molecule has 0 aliphatic heterocycles. The van der Waals surface area contributed by atoms with Crippen molar-refractivity contribution in [1.82, 2.24) is 0 Å². The second kappa shape index (κ2) is 9.35. The van der Waals surface area contributed by atoms with Gasteiger partial charge in [0.15, 0.2) is 0 Å². The number of hydrogen-bond acceptors (Lipinski definition) is 8. The van der Waals surface area contributed by atoms with Crippen molar-refractivity contribution in [2.75, 3.05) is 6.61 Å². The third kappa shape index (κ3) is 51.5. The van der Waals surface area contributed by atoms with E-state index in [1.165, 1.54) is 6.08 Å². The molecule has 0 rings (SSSR count). The molecular formula is C3H14CaO8Si2. The first kappa shape index (κ1) is 20.5. The zero-order valence-electron chi connectivity index (χ0n) is 6.53. The average molecular weight is 274 g/mol. The molecule has 0 aromatic heterocycles. The molecule has 0 fully saturated rings. The third-order valence-electron chi connectivity index (χ3n) is 0.395. The molecule has 11 heteroatoms. The van der Waals surface area contributed by atoms with E-state index in [1.54, 1.807) is 0 Å². The summed E-state index contributed by atoms with van der Waals surface area (Å²) in [7, 11) is -8.86. The van der Waals surface area contributed by atoms with E-state index in [4.69, 9.17) is 33.6 Å². The van der Waals surface area contributed by atoms with E-state index in [2.05, 4.69) is 11.0 Å². The first-order valence-electron chi connectivity index (χ1n) is 2.87. The molecule has 14 heavy (non-hydrogen) atoms. The summed E-state index contributed by atoms with van der Waals surface area (Å²) in [5, 5.41) is 0. The van der Waals surface area contributed by atoms with Crippen molar-refractivity contribution in [2.24, 2.45) is 0 Å². The Morgan fingerprint density at radius 1 is 1.00 bits per heavy atom. The van der Waals surface area contributed by atoms with Crippen LogP contribution >= 0.6 is 0 Å². The summed E-state index contributed by atoms with van der Waals surface area (Å²) in [4.78, 5) is 53.7. The van der Waals surface area contributed by atoms with Gasteiger partial charge >= 0.3 is 55.8 Å². The van der Waals surface area contributed by atoms with Gasteiger partial charge in [-0.3, -0.25) is 0 Å². The van der Waals surface area contributed by atoms with Gasteiger partial charge in [0.1, 0.15) is 0 Å². The van der Waals surface area contributed by atoms with Gasteiger partial charge in [-0.15, -0.1) is 6.58 Å². The van der Waals surface area contributed by atoms with E-state index < -0.39 is 18.1 Å². The fourth-order valence-corrected chi connectivity index (χ4v) is 0.512. The molecule has 0 unspecified atom stereocenters. The van der Waals surface area contributed by atoms with Crippen LogP contribution in [0.5, 0.6) is 0 Å². The molecular weight excluding hydrogens is 260 g/mol. The monoisotopic (exact) mass is 274 g/mol. The molecule has 0 spiro atoms. The molecule has 0 aliphatic carbocycles. The molecule has 0 heterocycles. The van der Waals surface area contributed by atoms with Crippen LogP contribution < -0.4 is 0 Å². The molecule has 8 nitrogen and oxygen atoms in total. The topological polar surface area (TPSA) is 151 Å². The maximum atomic E-state index is 8.13. The van der Waals surface area contributed by atoms with E-state index in [0.717, 1.165) is 0 Å². The predicted molar refractivity (Wildman–Crippen MR) is 51.7 cm³/mol. The Morgan fingerprint density at radius 3 is 1.36 bits per heavy atom. The van der Waals surface area contributed by atoms with Crippen LogP contribution in [0.1, 0.15) is 0 Å². The zero-order valence-corrected chi connectivity index (χ0v) is 8.53. The standard InChI is InChI=1S/C3H8O4Si.Ca.H4O4Si.2H/c1-2-3-7-8(4,5)6;;1-5(2,3)4;;/h2,4-6H,1,3H2;;1-4H;;. The minimum atomic E-state index is -4.61. The van der Waals surface area contributed by atoms with Crippen molar-refractivity contribution in [3.8, 4) is 0 Å². The summed E-state index contributed by atoms with van der Waals surface area (Å²) in [6.45, 7) is 3.18. The van der Waals surface area contributed by atoms with Gasteiger partial charge in [0.25, 0.3) is 0 Å². The van der Waals surface area contributed by atoms with Gasteiger partial charge in [-0.1, -0.05) is 6.08 Å². The van der Waals surface area contributed by atoms with Gasteiger partial charge in [-0.25, -0.2) is 0 Å². The normalized spacial score (nSPS) is 10.8. The second-order valence-electron chi connectivity index (χ2n) is 1.77. The molecule has 84 valence electrons. The summed E-state index contributed by atoms with van der Waals surface area (Å²) < 4.78 is 4.07. The van der Waals surface area contributed by atoms with Crippen molar-refractivity contribution < 1.29 is 38.0 Å². The Hall–Kier alpha value is 1.11. The number of rotatable bonds is 3. The second-order valence-corrected chi connectivity index (χ2v) is 4.41. The summed E-state index contributed by atoms with van der Waals surface area (Å²) in [6.07, 6.45) is 1.31. The summed E-state index contributed by atoms with van der Waals surface area (Å²) >= 11 is 0. The van der Waals surface area contributed by atoms with Gasteiger partial charge in [-0.2, -0.15) is 0 Å². The molecule has 0 amide bonds. The fraction of sp³-hybridized carbons (Fsp3) is 0.333. The average Bonchev–Trinajstić information content (AvgIpc) is 1.77. The summed E-state index contributed by atoms with van der Waals surface area (Å²) in [5.41, 5.74) is 0. The Kier molecular flexibility index (Phi) is 13.7. The Labute approximate surface area is 112 Å². The molecule has 0 aromatic carbocycles. The van der Waals surface area contributed by atoms with E-state index in [0.29, 0.717) is 0 Å². The molecule has 0 aliphatic rings. The van der Waals surface area contributed by atoms with Crippen LogP contribution in [0.2, 0.25) is 0 Å². The quantitative estimate of drug-likeness (QED) is 0.200. The van der Waals surface area contributed by atoms with Gasteiger partial charge in [0, 0.05) is 0 Å². The molecule has 0 saturated carbocycles. The van der Waals surface area contributed by atoms with Gasteiger partial charge in [0.2, 0.25) is 0 Å². The fourth-order valence-electron chi connectivity index (χ4n) is 0.171. The van der Waals surface area contributed by atoms with Crippen LogP contribution in [0, 0.1) is 0 Å². The van der Waals surface area contributed by atoms with Crippen LogP contribution in [0.3, 0.4) is 0 Å². The van der Waals surface area contributed by atoms with Crippen molar-refractivity contribution in [1.29, 1.82) is 0 Å². The molecule has 0 aromatic rings. The molecule has 0 radical (unpaired) electrons. The van der Waals surface area contributed by atoms with Crippen LogP contribution in [-0.2, 0) is 4.43 Å². The van der Waals surface area contributed by atoms with Gasteiger partial charge in [-0.05, 0) is 0 Å². The summed E-state index contributed by atoms with van der Waals surface area (Å²) in [6, 6.07) is 0. The van der Waals surface area contributed by atoms with Crippen LogP contribution in [-0.4, -0.2) is 96.0 Å². The van der Waals surface area contributed by atoms with Crippen LogP contribution in [0.15, 0.2) is 12.7 Å². The predicted octanol–water partition coefficient (Wildman–Crippen LogP) is -4.92. The van der Waals surface area contributed by atoms with Gasteiger partial charge < -0.3 is 38.0 Å². The first-order chi connectivity index (χ1) is 5.56. The Bertz CT molecular complexity index is 135. The Balaban J connectivity index is -0.000000177. The van der Waals surface area contributed by atoms with Crippen molar-refractivity contribution in [3.05, 3.63) is 12.7 Å². The van der Waals surface area contributed by atoms with Crippen LogP contribution in [0.4, 0.5) is 0 Å². The summed E-state index contributed by atoms with van der Waals surface area (Å²) in [5.74, 6) is 0.